The number of halogens is 1. The minimum atomic E-state index is -5.76. The van der Waals surface area contributed by atoms with Gasteiger partial charge < -0.3 is 29.4 Å². The van der Waals surface area contributed by atoms with E-state index in [2.05, 4.69) is 13.1 Å². The molecular formula is C10H16FN2O14P3. The third-order valence-electron chi connectivity index (χ3n) is 3.53. The summed E-state index contributed by atoms with van der Waals surface area (Å²) in [7, 11) is -16.9. The number of hydrogen-bond donors (Lipinski definition) is 6. The lowest BCUT2D eigenvalue weighted by Crippen LogP contribution is -2.36. The van der Waals surface area contributed by atoms with Gasteiger partial charge in [-0.15, -0.1) is 0 Å². The molecule has 16 nitrogen and oxygen atoms in total. The van der Waals surface area contributed by atoms with Crippen LogP contribution < -0.4 is 11.2 Å². The predicted octanol–water partition coefficient (Wildman–Crippen LogP) is -1.22. The van der Waals surface area contributed by atoms with Gasteiger partial charge in [0, 0.05) is 11.8 Å². The number of aromatic amines is 1. The molecule has 2 rings (SSSR count). The van der Waals surface area contributed by atoms with E-state index in [1.165, 1.54) is 6.92 Å². The summed E-state index contributed by atoms with van der Waals surface area (Å²) in [5.41, 5.74) is -1.80. The van der Waals surface area contributed by atoms with Crippen LogP contribution in [0.25, 0.3) is 0 Å². The number of nitrogens with zero attached hydrogens (tertiary/aromatic N) is 1. The van der Waals surface area contributed by atoms with E-state index in [4.69, 9.17) is 19.4 Å². The van der Waals surface area contributed by atoms with Gasteiger partial charge in [0.15, 0.2) is 12.4 Å². The van der Waals surface area contributed by atoms with Crippen molar-refractivity contribution in [2.45, 2.75) is 31.5 Å². The van der Waals surface area contributed by atoms with Crippen LogP contribution in [-0.4, -0.2) is 59.2 Å². The molecule has 1 aliphatic rings. The van der Waals surface area contributed by atoms with Gasteiger partial charge in [-0.05, 0) is 6.92 Å². The van der Waals surface area contributed by atoms with Crippen molar-refractivity contribution in [3.63, 3.8) is 0 Å². The van der Waals surface area contributed by atoms with Gasteiger partial charge in [0.05, 0.1) is 6.61 Å². The van der Waals surface area contributed by atoms with Crippen molar-refractivity contribution >= 4 is 23.5 Å². The maximum Gasteiger partial charge on any atom is 0.490 e. The van der Waals surface area contributed by atoms with E-state index in [0.29, 0.717) is 4.57 Å². The monoisotopic (exact) mass is 500 g/mol. The first-order chi connectivity index (χ1) is 13.5. The Morgan fingerprint density at radius 3 is 2.33 bits per heavy atom. The van der Waals surface area contributed by atoms with Crippen LogP contribution in [0.4, 0.5) is 4.39 Å². The molecule has 3 unspecified atom stereocenters. The molecule has 0 amide bonds. The molecule has 1 aromatic heterocycles. The average molecular weight is 500 g/mol. The maximum atomic E-state index is 14.4. The first kappa shape index (κ1) is 25.2. The zero-order valence-electron chi connectivity index (χ0n) is 14.7. The lowest BCUT2D eigenvalue weighted by Gasteiger charge is -2.19. The molecule has 6 N–H and O–H groups in total. The summed E-state index contributed by atoms with van der Waals surface area (Å²) in [6, 6.07) is 0. The van der Waals surface area contributed by atoms with Crippen LogP contribution in [0.5, 0.6) is 0 Å². The molecule has 1 aliphatic heterocycles. The number of aliphatic hydroxyl groups excluding tert-OH is 1. The normalized spacial score (nSPS) is 28.8. The number of ether oxygens (including phenoxy) is 1. The van der Waals surface area contributed by atoms with Crippen molar-refractivity contribution in [2.24, 2.45) is 0 Å². The highest BCUT2D eigenvalue weighted by Gasteiger charge is 2.47. The fraction of sp³-hybridized carbons (Fsp3) is 0.600. The Hall–Kier alpha value is -1.06. The second-order valence-corrected chi connectivity index (χ2v) is 10.3. The van der Waals surface area contributed by atoms with E-state index in [1.54, 1.807) is 0 Å². The Labute approximate surface area is 165 Å². The Morgan fingerprint density at radius 2 is 1.77 bits per heavy atom. The zero-order chi connectivity index (χ0) is 23.1. The number of phosphoric ester groups is 1. The molecule has 1 saturated heterocycles. The molecule has 0 bridgehead atoms. The summed E-state index contributed by atoms with van der Waals surface area (Å²) < 4.78 is 64.8. The zero-order valence-corrected chi connectivity index (χ0v) is 17.4. The Morgan fingerprint density at radius 1 is 1.17 bits per heavy atom. The van der Waals surface area contributed by atoms with Crippen molar-refractivity contribution in [1.29, 1.82) is 0 Å². The fourth-order valence-corrected chi connectivity index (χ4v) is 5.34. The molecule has 0 aliphatic carbocycles. The molecule has 0 spiro atoms. The minimum Gasteiger partial charge on any atom is -0.387 e. The fourth-order valence-electron chi connectivity index (χ4n) is 2.31. The highest BCUT2D eigenvalue weighted by molar-refractivity contribution is 7.66. The summed E-state index contributed by atoms with van der Waals surface area (Å²) in [5, 5.41) is 9.87. The van der Waals surface area contributed by atoms with E-state index >= 15 is 0 Å². The van der Waals surface area contributed by atoms with Gasteiger partial charge >= 0.3 is 29.2 Å². The van der Waals surface area contributed by atoms with E-state index in [1.807, 2.05) is 4.98 Å². The quantitative estimate of drug-likeness (QED) is 0.229. The number of aryl methyl sites for hydroxylation is 1. The minimum absolute atomic E-state index is 0.0107. The number of nitrogens with one attached hydrogen (secondary N) is 1. The lowest BCUT2D eigenvalue weighted by atomic mass is 10.1. The van der Waals surface area contributed by atoms with Gasteiger partial charge in [-0.3, -0.25) is 18.9 Å². The Balaban J connectivity index is 2.09. The number of alkyl halides is 1. The second-order valence-electron chi connectivity index (χ2n) is 5.87. The average Bonchev–Trinajstić information content (AvgIpc) is 2.81. The Bertz CT molecular complexity index is 1050. The van der Waals surface area contributed by atoms with E-state index in [-0.39, 0.29) is 5.56 Å². The van der Waals surface area contributed by atoms with Crippen LogP contribution in [0.2, 0.25) is 0 Å². The van der Waals surface area contributed by atoms with Gasteiger partial charge in [-0.25, -0.2) is 22.9 Å². The number of phosphoric acid groups is 3. The SMILES string of the molecule is Cc1cn([C@H]2O[C@@H](COP(=O)(O)OP(=O)(O)OP(=O)(O)O)[C@@H](O)C2F)c(=O)[nH]c1=O. The first-order valence-corrected chi connectivity index (χ1v) is 12.1. The van der Waals surface area contributed by atoms with Crippen LogP contribution >= 0.6 is 23.5 Å². The molecule has 30 heavy (non-hydrogen) atoms. The first-order valence-electron chi connectivity index (χ1n) is 7.59. The summed E-state index contributed by atoms with van der Waals surface area (Å²) in [4.78, 5) is 60.4. The number of rotatable bonds is 8. The van der Waals surface area contributed by atoms with Crippen molar-refractivity contribution in [1.82, 2.24) is 9.55 Å². The highest BCUT2D eigenvalue weighted by Crippen LogP contribution is 2.66. The van der Waals surface area contributed by atoms with E-state index in [0.717, 1.165) is 6.20 Å². The largest absolute Gasteiger partial charge is 0.490 e. The van der Waals surface area contributed by atoms with Gasteiger partial charge in [0.25, 0.3) is 5.56 Å². The van der Waals surface area contributed by atoms with Crippen LogP contribution in [0.15, 0.2) is 15.8 Å². The number of aliphatic hydroxyl groups is 1. The third-order valence-corrected chi connectivity index (χ3v) is 7.33. The van der Waals surface area contributed by atoms with Crippen molar-refractivity contribution < 1.29 is 60.6 Å². The number of aromatic nitrogens is 2. The summed E-state index contributed by atoms with van der Waals surface area (Å²) in [6.07, 6.45) is -6.79. The molecule has 2 heterocycles. The molecule has 0 aromatic carbocycles. The molecule has 1 aromatic rings. The lowest BCUT2D eigenvalue weighted by molar-refractivity contribution is -0.0483. The number of H-pyrrole nitrogens is 1. The second kappa shape index (κ2) is 8.82. The third kappa shape index (κ3) is 6.47. The molecule has 0 saturated carbocycles. The topological polar surface area (TPSA) is 244 Å². The maximum absolute atomic E-state index is 14.4. The van der Waals surface area contributed by atoms with Crippen LogP contribution in [0, 0.1) is 6.92 Å². The van der Waals surface area contributed by atoms with Crippen molar-refractivity contribution in [3.05, 3.63) is 32.6 Å². The van der Waals surface area contributed by atoms with Gasteiger partial charge in [0.2, 0.25) is 0 Å². The summed E-state index contributed by atoms with van der Waals surface area (Å²) in [6.45, 7) is 0.180. The molecule has 20 heteroatoms. The van der Waals surface area contributed by atoms with Crippen LogP contribution in [0.1, 0.15) is 11.8 Å². The molecular weight excluding hydrogens is 484 g/mol. The predicted molar refractivity (Wildman–Crippen MR) is 90.7 cm³/mol. The standard InChI is InChI=1S/C10H16FN2O14P3/c1-4-2-13(10(16)12-8(4)15)9-6(11)7(14)5(25-9)3-24-29(20,21)27-30(22,23)26-28(17,18)19/h2,5-7,9,14H,3H2,1H3,(H,20,21)(H,22,23)(H,12,15,16)(H2,17,18,19)/t5-,6?,7+,9-/m0/s1. The van der Waals surface area contributed by atoms with E-state index in [9.17, 15) is 37.7 Å². The van der Waals surface area contributed by atoms with Gasteiger partial charge in [-0.2, -0.15) is 8.62 Å². The van der Waals surface area contributed by atoms with Crippen molar-refractivity contribution in [2.75, 3.05) is 6.61 Å². The summed E-state index contributed by atoms with van der Waals surface area (Å²) >= 11 is 0. The molecule has 0 radical (unpaired) electrons. The van der Waals surface area contributed by atoms with Crippen molar-refractivity contribution in [3.8, 4) is 0 Å². The Kier molecular flexibility index (Phi) is 7.41. The summed E-state index contributed by atoms with van der Waals surface area (Å²) in [5.74, 6) is 0. The van der Waals surface area contributed by atoms with Crippen LogP contribution in [0.3, 0.4) is 0 Å². The smallest absolute Gasteiger partial charge is 0.387 e. The number of hydrogen-bond acceptors (Lipinski definition) is 10. The molecule has 172 valence electrons. The van der Waals surface area contributed by atoms with Crippen LogP contribution in [-0.2, 0) is 31.6 Å². The van der Waals surface area contributed by atoms with Gasteiger partial charge in [0.1, 0.15) is 12.2 Å². The van der Waals surface area contributed by atoms with Gasteiger partial charge in [-0.1, -0.05) is 0 Å². The highest BCUT2D eigenvalue weighted by atomic mass is 31.3. The van der Waals surface area contributed by atoms with E-state index < -0.39 is 65.9 Å². The molecule has 6 atom stereocenters. The molecule has 1 fully saturated rings.